The Labute approximate surface area is 169 Å². The van der Waals surface area contributed by atoms with E-state index in [0.29, 0.717) is 28.8 Å². The highest BCUT2D eigenvalue weighted by atomic mass is 32.1. The molecule has 2 N–H and O–H groups in total. The summed E-state index contributed by atoms with van der Waals surface area (Å²) in [7, 11) is 0. The SMILES string of the molecule is CC(C)CNC(=S)Nc1nc(N2CCCC2)cc(N2C[C@@H](C)C[C@H](C)C2)n1. The molecule has 2 atom stereocenters. The molecule has 0 spiro atoms. The Morgan fingerprint density at radius 1 is 1.11 bits per heavy atom. The summed E-state index contributed by atoms with van der Waals surface area (Å²) in [5.41, 5.74) is 0. The van der Waals surface area contributed by atoms with E-state index < -0.39 is 0 Å². The summed E-state index contributed by atoms with van der Waals surface area (Å²) in [6, 6.07) is 2.16. The van der Waals surface area contributed by atoms with E-state index in [1.165, 1.54) is 19.3 Å². The van der Waals surface area contributed by atoms with E-state index in [1.54, 1.807) is 0 Å². The average Bonchev–Trinajstić information content (AvgIpc) is 3.13. The lowest BCUT2D eigenvalue weighted by atomic mass is 9.92. The van der Waals surface area contributed by atoms with Crippen LogP contribution in [0.1, 0.15) is 47.0 Å². The molecule has 0 amide bonds. The standard InChI is InChI=1S/C20H34N6S/c1-14(2)11-21-20(27)24-19-22-17(25-7-5-6-8-25)10-18(23-19)26-12-15(3)9-16(4)13-26/h10,14-16H,5-9,11-13H2,1-4H3,(H2,21,22,23,24,27)/t15-,16-/m0/s1. The molecule has 2 aliphatic heterocycles. The van der Waals surface area contributed by atoms with Crippen LogP contribution in [0.4, 0.5) is 17.6 Å². The van der Waals surface area contributed by atoms with Crippen LogP contribution in [0.25, 0.3) is 0 Å². The van der Waals surface area contributed by atoms with Gasteiger partial charge in [-0.15, -0.1) is 0 Å². The summed E-state index contributed by atoms with van der Waals surface area (Å²) >= 11 is 5.44. The highest BCUT2D eigenvalue weighted by molar-refractivity contribution is 7.80. The van der Waals surface area contributed by atoms with E-state index in [1.807, 2.05) is 0 Å². The normalized spacial score (nSPS) is 23.0. The van der Waals surface area contributed by atoms with Gasteiger partial charge in [0, 0.05) is 38.8 Å². The first-order valence-corrected chi connectivity index (χ1v) is 10.8. The van der Waals surface area contributed by atoms with Crippen LogP contribution in [0.2, 0.25) is 0 Å². The summed E-state index contributed by atoms with van der Waals surface area (Å²) < 4.78 is 0. The monoisotopic (exact) mass is 390 g/mol. The highest BCUT2D eigenvalue weighted by Gasteiger charge is 2.25. The number of anilines is 3. The number of nitrogens with zero attached hydrogens (tertiary/aromatic N) is 4. The van der Waals surface area contributed by atoms with Gasteiger partial charge in [-0.1, -0.05) is 27.7 Å². The van der Waals surface area contributed by atoms with Crippen molar-refractivity contribution in [1.29, 1.82) is 0 Å². The molecule has 150 valence electrons. The zero-order valence-corrected chi connectivity index (χ0v) is 18.0. The van der Waals surface area contributed by atoms with Crippen LogP contribution in [0.3, 0.4) is 0 Å². The third kappa shape index (κ3) is 5.67. The van der Waals surface area contributed by atoms with Gasteiger partial charge in [0.15, 0.2) is 5.11 Å². The number of thiocarbonyl (C=S) groups is 1. The average molecular weight is 391 g/mol. The fourth-order valence-electron chi connectivity index (χ4n) is 4.04. The molecule has 3 heterocycles. The number of rotatable bonds is 5. The van der Waals surface area contributed by atoms with Gasteiger partial charge in [0.05, 0.1) is 0 Å². The van der Waals surface area contributed by atoms with Crippen LogP contribution in [0.5, 0.6) is 0 Å². The van der Waals surface area contributed by atoms with Gasteiger partial charge in [-0.25, -0.2) is 0 Å². The maximum absolute atomic E-state index is 5.44. The molecule has 27 heavy (non-hydrogen) atoms. The Bertz CT molecular complexity index is 633. The molecule has 2 saturated heterocycles. The quantitative estimate of drug-likeness (QED) is 0.746. The molecule has 1 aromatic heterocycles. The minimum atomic E-state index is 0.536. The maximum Gasteiger partial charge on any atom is 0.232 e. The summed E-state index contributed by atoms with van der Waals surface area (Å²) in [6.45, 7) is 14.1. The smallest absolute Gasteiger partial charge is 0.232 e. The topological polar surface area (TPSA) is 56.3 Å². The second kappa shape index (κ2) is 9.04. The maximum atomic E-state index is 5.44. The summed E-state index contributed by atoms with van der Waals surface area (Å²) in [4.78, 5) is 14.4. The number of aromatic nitrogens is 2. The van der Waals surface area contributed by atoms with Crippen LogP contribution in [0, 0.1) is 17.8 Å². The van der Waals surface area contributed by atoms with Crippen molar-refractivity contribution in [3.8, 4) is 0 Å². The molecule has 0 bridgehead atoms. The van der Waals surface area contributed by atoms with Gasteiger partial charge in [-0.2, -0.15) is 9.97 Å². The van der Waals surface area contributed by atoms with Gasteiger partial charge in [0.2, 0.25) is 5.95 Å². The molecule has 1 aromatic rings. The van der Waals surface area contributed by atoms with Crippen molar-refractivity contribution >= 4 is 34.9 Å². The minimum absolute atomic E-state index is 0.536. The van der Waals surface area contributed by atoms with Crippen LogP contribution >= 0.6 is 12.2 Å². The van der Waals surface area contributed by atoms with Crippen molar-refractivity contribution in [1.82, 2.24) is 15.3 Å². The van der Waals surface area contributed by atoms with E-state index in [2.05, 4.69) is 54.2 Å². The molecule has 3 rings (SSSR count). The minimum Gasteiger partial charge on any atom is -0.362 e. The van der Waals surface area contributed by atoms with Crippen LogP contribution in [-0.2, 0) is 0 Å². The Morgan fingerprint density at radius 3 is 2.30 bits per heavy atom. The predicted octanol–water partition coefficient (Wildman–Crippen LogP) is 3.50. The molecule has 0 radical (unpaired) electrons. The van der Waals surface area contributed by atoms with Crippen LogP contribution in [-0.4, -0.2) is 47.8 Å². The first-order valence-electron chi connectivity index (χ1n) is 10.3. The first-order chi connectivity index (χ1) is 12.9. The van der Waals surface area contributed by atoms with Crippen molar-refractivity contribution < 1.29 is 0 Å². The van der Waals surface area contributed by atoms with Gasteiger partial charge >= 0.3 is 0 Å². The van der Waals surface area contributed by atoms with Gasteiger partial charge in [0.25, 0.3) is 0 Å². The number of hydrogen-bond acceptors (Lipinski definition) is 5. The van der Waals surface area contributed by atoms with Crippen molar-refractivity contribution in [2.45, 2.75) is 47.0 Å². The van der Waals surface area contributed by atoms with E-state index in [9.17, 15) is 0 Å². The van der Waals surface area contributed by atoms with E-state index >= 15 is 0 Å². The molecule has 7 heteroatoms. The number of hydrogen-bond donors (Lipinski definition) is 2. The van der Waals surface area contributed by atoms with Crippen molar-refractivity contribution in [2.75, 3.05) is 47.8 Å². The lowest BCUT2D eigenvalue weighted by molar-refractivity contribution is 0.355. The van der Waals surface area contributed by atoms with E-state index in [-0.39, 0.29) is 0 Å². The Kier molecular flexibility index (Phi) is 6.73. The second-order valence-electron chi connectivity index (χ2n) is 8.68. The fourth-order valence-corrected chi connectivity index (χ4v) is 4.22. The summed E-state index contributed by atoms with van der Waals surface area (Å²) in [6.07, 6.45) is 3.75. The highest BCUT2D eigenvalue weighted by Crippen LogP contribution is 2.29. The van der Waals surface area contributed by atoms with Gasteiger partial charge in [-0.3, -0.25) is 0 Å². The second-order valence-corrected chi connectivity index (χ2v) is 9.09. The van der Waals surface area contributed by atoms with Gasteiger partial charge in [0.1, 0.15) is 11.6 Å². The van der Waals surface area contributed by atoms with Crippen LogP contribution in [0.15, 0.2) is 6.07 Å². The zero-order chi connectivity index (χ0) is 19.4. The molecular formula is C20H34N6S. The van der Waals surface area contributed by atoms with Gasteiger partial charge < -0.3 is 20.4 Å². The molecule has 6 nitrogen and oxygen atoms in total. The van der Waals surface area contributed by atoms with Crippen molar-refractivity contribution in [2.24, 2.45) is 17.8 Å². The Morgan fingerprint density at radius 2 is 1.70 bits per heavy atom. The lowest BCUT2D eigenvalue weighted by Crippen LogP contribution is -2.39. The van der Waals surface area contributed by atoms with Crippen LogP contribution < -0.4 is 20.4 Å². The predicted molar refractivity (Wildman–Crippen MR) is 118 cm³/mol. The molecule has 2 aliphatic rings. The van der Waals surface area contributed by atoms with E-state index in [0.717, 1.165) is 44.4 Å². The first kappa shape index (κ1) is 20.1. The van der Waals surface area contributed by atoms with Gasteiger partial charge in [-0.05, 0) is 49.2 Å². The molecule has 0 aliphatic carbocycles. The molecule has 2 fully saturated rings. The summed E-state index contributed by atoms with van der Waals surface area (Å²) in [5.74, 6) is 4.53. The Balaban J connectivity index is 1.81. The van der Waals surface area contributed by atoms with Crippen molar-refractivity contribution in [3.05, 3.63) is 6.07 Å². The zero-order valence-electron chi connectivity index (χ0n) is 17.2. The molecule has 0 unspecified atom stereocenters. The molecule has 0 saturated carbocycles. The third-order valence-corrected chi connectivity index (χ3v) is 5.46. The third-order valence-electron chi connectivity index (χ3n) is 5.22. The Hall–Kier alpha value is -1.63. The molecule has 0 aromatic carbocycles. The largest absolute Gasteiger partial charge is 0.362 e. The molecular weight excluding hydrogens is 356 g/mol. The number of piperidine rings is 1. The lowest BCUT2D eigenvalue weighted by Gasteiger charge is -2.36. The van der Waals surface area contributed by atoms with E-state index in [4.69, 9.17) is 22.2 Å². The number of nitrogens with one attached hydrogen (secondary N) is 2. The van der Waals surface area contributed by atoms with Crippen molar-refractivity contribution in [3.63, 3.8) is 0 Å². The summed E-state index contributed by atoms with van der Waals surface area (Å²) in [5, 5.41) is 7.04. The fraction of sp³-hybridized carbons (Fsp3) is 0.750.